The molecule has 4 heterocycles. The molecular weight excluding hydrogens is 580 g/mol. The van der Waals surface area contributed by atoms with Gasteiger partial charge in [-0.25, -0.2) is 14.8 Å². The van der Waals surface area contributed by atoms with Gasteiger partial charge in [0.1, 0.15) is 10.7 Å². The van der Waals surface area contributed by atoms with Crippen LogP contribution in [0.3, 0.4) is 0 Å². The first kappa shape index (κ1) is 29.0. The van der Waals surface area contributed by atoms with Crippen LogP contribution in [0.5, 0.6) is 0 Å². The van der Waals surface area contributed by atoms with Crippen molar-refractivity contribution >= 4 is 50.2 Å². The number of pyridine rings is 2. The molecule has 43 heavy (non-hydrogen) atoms. The van der Waals surface area contributed by atoms with E-state index in [2.05, 4.69) is 29.2 Å². The van der Waals surface area contributed by atoms with Crippen molar-refractivity contribution in [1.82, 2.24) is 19.5 Å². The van der Waals surface area contributed by atoms with Crippen LogP contribution in [0.4, 0.5) is 0 Å². The summed E-state index contributed by atoms with van der Waals surface area (Å²) in [6.45, 7) is 9.56. The van der Waals surface area contributed by atoms with E-state index in [9.17, 15) is 9.90 Å². The highest BCUT2D eigenvalue weighted by Crippen LogP contribution is 2.44. The predicted octanol–water partition coefficient (Wildman–Crippen LogP) is 8.79. The summed E-state index contributed by atoms with van der Waals surface area (Å²) in [5, 5.41) is 12.8. The molecule has 0 amide bonds. The predicted molar refractivity (Wildman–Crippen MR) is 174 cm³/mol. The van der Waals surface area contributed by atoms with Crippen LogP contribution in [0.1, 0.15) is 43.6 Å². The van der Waals surface area contributed by atoms with Crippen LogP contribution in [0.15, 0.2) is 67.1 Å². The number of hydrogen-bond donors (Lipinski definition) is 1. The molecule has 0 radical (unpaired) electrons. The fraction of sp³-hybridized carbons (Fsp3) is 0.235. The van der Waals surface area contributed by atoms with E-state index in [-0.39, 0.29) is 0 Å². The van der Waals surface area contributed by atoms with Gasteiger partial charge in [-0.15, -0.1) is 11.3 Å². The summed E-state index contributed by atoms with van der Waals surface area (Å²) < 4.78 is 9.04. The second-order valence-corrected chi connectivity index (χ2v) is 13.2. The maximum absolute atomic E-state index is 12.6. The number of fused-ring (bicyclic) bond motifs is 2. The number of carbonyl (C=O) groups is 1. The highest BCUT2D eigenvalue weighted by molar-refractivity contribution is 7.22. The van der Waals surface area contributed by atoms with Crippen molar-refractivity contribution in [3.63, 3.8) is 0 Å². The molecule has 0 unspecified atom stereocenters. The molecule has 9 heteroatoms. The van der Waals surface area contributed by atoms with Gasteiger partial charge in [-0.3, -0.25) is 4.98 Å². The van der Waals surface area contributed by atoms with Crippen molar-refractivity contribution in [3.8, 4) is 33.0 Å². The fourth-order valence-corrected chi connectivity index (χ4v) is 6.72. The topological polar surface area (TPSA) is 90.1 Å². The van der Waals surface area contributed by atoms with E-state index in [4.69, 9.17) is 21.3 Å². The Labute approximate surface area is 258 Å². The number of hydrogen-bond acceptors (Lipinski definition) is 6. The summed E-state index contributed by atoms with van der Waals surface area (Å²) in [7, 11) is 1.99. The van der Waals surface area contributed by atoms with Crippen LogP contribution in [0.2, 0.25) is 5.02 Å². The van der Waals surface area contributed by atoms with E-state index in [1.807, 2.05) is 88.0 Å². The molecule has 0 spiro atoms. The van der Waals surface area contributed by atoms with Gasteiger partial charge in [-0.1, -0.05) is 23.7 Å². The van der Waals surface area contributed by atoms with Crippen LogP contribution >= 0.6 is 22.9 Å². The number of thiazole rings is 1. The molecule has 0 saturated carbocycles. The van der Waals surface area contributed by atoms with Crippen molar-refractivity contribution in [1.29, 1.82) is 0 Å². The molecule has 0 aliphatic rings. The third-order valence-corrected chi connectivity index (χ3v) is 8.72. The molecule has 0 aliphatic carbocycles. The van der Waals surface area contributed by atoms with Gasteiger partial charge in [-0.2, -0.15) is 0 Å². The van der Waals surface area contributed by atoms with Crippen LogP contribution in [0.25, 0.3) is 54.2 Å². The first-order valence-electron chi connectivity index (χ1n) is 13.9. The summed E-state index contributed by atoms with van der Waals surface area (Å²) in [5.74, 6) is -1.05. The molecule has 2 aromatic carbocycles. The number of benzene rings is 2. The summed E-state index contributed by atoms with van der Waals surface area (Å²) in [4.78, 5) is 27.0. The van der Waals surface area contributed by atoms with Gasteiger partial charge < -0.3 is 14.4 Å². The van der Waals surface area contributed by atoms with E-state index in [1.165, 1.54) is 11.3 Å². The summed E-state index contributed by atoms with van der Waals surface area (Å²) in [5.41, 5.74) is 7.87. The van der Waals surface area contributed by atoms with Crippen molar-refractivity contribution in [2.75, 3.05) is 0 Å². The van der Waals surface area contributed by atoms with Gasteiger partial charge in [0.25, 0.3) is 0 Å². The lowest BCUT2D eigenvalue weighted by Crippen LogP contribution is -2.28. The van der Waals surface area contributed by atoms with Gasteiger partial charge in [0.2, 0.25) is 0 Å². The molecule has 1 atom stereocenters. The van der Waals surface area contributed by atoms with Crippen LogP contribution in [0, 0.1) is 13.8 Å². The highest BCUT2D eigenvalue weighted by Gasteiger charge is 2.32. The number of rotatable bonds is 6. The number of carboxylic acid groups (broad SMARTS) is 1. The number of aromatic nitrogens is 4. The van der Waals surface area contributed by atoms with Gasteiger partial charge in [0.05, 0.1) is 21.5 Å². The number of aryl methyl sites for hydroxylation is 3. The number of aliphatic carboxylic acids is 1. The number of ether oxygens (including phenoxy) is 1. The van der Waals surface area contributed by atoms with E-state index >= 15 is 0 Å². The first-order valence-corrected chi connectivity index (χ1v) is 15.1. The summed E-state index contributed by atoms with van der Waals surface area (Å²) >= 11 is 7.76. The third-order valence-electron chi connectivity index (χ3n) is 7.33. The summed E-state index contributed by atoms with van der Waals surface area (Å²) in [6.07, 6.45) is 4.54. The average molecular weight is 611 g/mol. The largest absolute Gasteiger partial charge is 0.479 e. The van der Waals surface area contributed by atoms with Crippen LogP contribution in [-0.4, -0.2) is 36.2 Å². The molecule has 6 rings (SSSR count). The molecule has 0 aliphatic heterocycles. The number of carboxylic acids is 1. The third kappa shape index (κ3) is 5.54. The summed E-state index contributed by atoms with van der Waals surface area (Å²) in [6, 6.07) is 15.5. The van der Waals surface area contributed by atoms with E-state index in [0.29, 0.717) is 10.6 Å². The standard InChI is InChI=1S/C34H31ClN4O3S/c1-18-13-26-30(28(20-7-9-23(35)10-8-20)27(18)29(33(40)41)42-34(3,4)5)43-32(38-26)21-11-12-36-25(15-21)22-14-24-19(2)17-39(6)31(24)37-16-22/h7-17,29H,1-6H3,(H,40,41)/t29-/m0/s1. The zero-order chi connectivity index (χ0) is 30.6. The van der Waals surface area contributed by atoms with Gasteiger partial charge >= 0.3 is 5.97 Å². The smallest absolute Gasteiger partial charge is 0.337 e. The van der Waals surface area contributed by atoms with Crippen LogP contribution in [-0.2, 0) is 16.6 Å². The zero-order valence-electron chi connectivity index (χ0n) is 24.8. The Bertz CT molecular complexity index is 2020. The minimum Gasteiger partial charge on any atom is -0.479 e. The minimum absolute atomic E-state index is 0.600. The molecule has 6 aromatic rings. The maximum atomic E-state index is 12.6. The molecular formula is C34H31ClN4O3S. The molecule has 1 N–H and O–H groups in total. The lowest BCUT2D eigenvalue weighted by atomic mass is 9.91. The van der Waals surface area contributed by atoms with Crippen molar-refractivity contribution in [2.45, 2.75) is 46.3 Å². The Morgan fingerprint density at radius 2 is 1.74 bits per heavy atom. The molecule has 4 aromatic heterocycles. The second-order valence-electron chi connectivity index (χ2n) is 11.8. The van der Waals surface area contributed by atoms with Crippen molar-refractivity contribution in [2.24, 2.45) is 7.05 Å². The van der Waals surface area contributed by atoms with E-state index in [1.54, 1.807) is 6.20 Å². The Morgan fingerprint density at radius 3 is 2.44 bits per heavy atom. The molecule has 0 bridgehead atoms. The van der Waals surface area contributed by atoms with Crippen LogP contribution < -0.4 is 0 Å². The molecule has 218 valence electrons. The second kappa shape index (κ2) is 10.9. The van der Waals surface area contributed by atoms with Gasteiger partial charge in [0, 0.05) is 58.3 Å². The monoisotopic (exact) mass is 610 g/mol. The Balaban J connectivity index is 1.53. The van der Waals surface area contributed by atoms with Gasteiger partial charge in [0.15, 0.2) is 6.10 Å². The zero-order valence-corrected chi connectivity index (χ0v) is 26.3. The average Bonchev–Trinajstić information content (AvgIpc) is 3.51. The minimum atomic E-state index is -1.17. The molecule has 7 nitrogen and oxygen atoms in total. The normalized spacial score (nSPS) is 12.7. The van der Waals surface area contributed by atoms with E-state index in [0.717, 1.165) is 65.3 Å². The number of halogens is 1. The SMILES string of the molecule is Cc1cc2nc(-c3ccnc(-c4cnc5c(c4)c(C)cn5C)c3)sc2c(-c2ccc(Cl)cc2)c1[C@H](OC(C)(C)C)C(=O)O. The fourth-order valence-electron chi connectivity index (χ4n) is 5.47. The Kier molecular flexibility index (Phi) is 7.32. The lowest BCUT2D eigenvalue weighted by molar-refractivity contribution is -0.160. The number of nitrogens with zero attached hydrogens (tertiary/aromatic N) is 4. The van der Waals surface area contributed by atoms with E-state index < -0.39 is 17.7 Å². The lowest BCUT2D eigenvalue weighted by Gasteiger charge is -2.28. The quantitative estimate of drug-likeness (QED) is 0.203. The maximum Gasteiger partial charge on any atom is 0.337 e. The van der Waals surface area contributed by atoms with Crippen molar-refractivity contribution in [3.05, 3.63) is 88.8 Å². The highest BCUT2D eigenvalue weighted by atomic mass is 35.5. The van der Waals surface area contributed by atoms with Crippen molar-refractivity contribution < 1.29 is 14.6 Å². The Hall–Kier alpha value is -4.11. The van der Waals surface area contributed by atoms with Gasteiger partial charge in [-0.05, 0) is 87.7 Å². The first-order chi connectivity index (χ1) is 20.4. The molecule has 0 fully saturated rings. The Morgan fingerprint density at radius 1 is 1.00 bits per heavy atom. The molecule has 0 saturated heterocycles.